The van der Waals surface area contributed by atoms with Gasteiger partial charge in [-0.1, -0.05) is 34.6 Å². The molecule has 0 aromatic heterocycles. The summed E-state index contributed by atoms with van der Waals surface area (Å²) in [6.07, 6.45) is 0.338. The first-order chi connectivity index (χ1) is 7.33. The van der Waals surface area contributed by atoms with Crippen molar-refractivity contribution in [2.75, 3.05) is 32.8 Å². The van der Waals surface area contributed by atoms with Crippen molar-refractivity contribution in [3.05, 3.63) is 0 Å². The predicted molar refractivity (Wildman–Crippen MR) is 68.7 cm³/mol. The standard InChI is InChI=1S/C13H28N2O/c1-12(2,3)13(4,5)10-15-9-11-8-14-6-7-16-11/h11,14-15H,6-10H2,1-5H3. The molecule has 1 atom stereocenters. The molecule has 1 rings (SSSR count). The number of hydrogen-bond donors (Lipinski definition) is 2. The molecule has 1 heterocycles. The van der Waals surface area contributed by atoms with Crippen molar-refractivity contribution in [3.8, 4) is 0 Å². The van der Waals surface area contributed by atoms with Gasteiger partial charge >= 0.3 is 0 Å². The van der Waals surface area contributed by atoms with Gasteiger partial charge in [-0.2, -0.15) is 0 Å². The lowest BCUT2D eigenvalue weighted by Gasteiger charge is -2.39. The van der Waals surface area contributed by atoms with E-state index in [9.17, 15) is 0 Å². The van der Waals surface area contributed by atoms with E-state index in [1.54, 1.807) is 0 Å². The van der Waals surface area contributed by atoms with Crippen LogP contribution in [-0.2, 0) is 4.74 Å². The third-order valence-electron chi connectivity index (χ3n) is 3.97. The van der Waals surface area contributed by atoms with Crippen LogP contribution in [0.15, 0.2) is 0 Å². The van der Waals surface area contributed by atoms with Gasteiger partial charge in [-0.05, 0) is 10.8 Å². The van der Waals surface area contributed by atoms with Gasteiger partial charge in [-0.25, -0.2) is 0 Å². The summed E-state index contributed by atoms with van der Waals surface area (Å²) < 4.78 is 5.65. The highest BCUT2D eigenvalue weighted by atomic mass is 16.5. The van der Waals surface area contributed by atoms with E-state index in [0.717, 1.165) is 32.8 Å². The van der Waals surface area contributed by atoms with Crippen LogP contribution in [-0.4, -0.2) is 38.9 Å². The van der Waals surface area contributed by atoms with Gasteiger partial charge in [-0.3, -0.25) is 0 Å². The van der Waals surface area contributed by atoms with E-state index >= 15 is 0 Å². The molecule has 1 unspecified atom stereocenters. The third-order valence-corrected chi connectivity index (χ3v) is 3.97. The minimum atomic E-state index is 0.301. The average Bonchev–Trinajstić information content (AvgIpc) is 2.17. The topological polar surface area (TPSA) is 33.3 Å². The molecule has 1 saturated heterocycles. The number of ether oxygens (including phenoxy) is 1. The Morgan fingerprint density at radius 1 is 1.25 bits per heavy atom. The van der Waals surface area contributed by atoms with Crippen LogP contribution in [0.5, 0.6) is 0 Å². The molecule has 0 aliphatic carbocycles. The van der Waals surface area contributed by atoms with Crippen LogP contribution in [0, 0.1) is 10.8 Å². The Morgan fingerprint density at radius 2 is 1.94 bits per heavy atom. The number of nitrogens with one attached hydrogen (secondary N) is 2. The van der Waals surface area contributed by atoms with E-state index in [1.807, 2.05) is 0 Å². The van der Waals surface area contributed by atoms with Crippen LogP contribution in [0.3, 0.4) is 0 Å². The van der Waals surface area contributed by atoms with E-state index in [4.69, 9.17) is 4.74 Å². The van der Waals surface area contributed by atoms with Crippen molar-refractivity contribution in [2.45, 2.75) is 40.7 Å². The summed E-state index contributed by atoms with van der Waals surface area (Å²) in [6.45, 7) is 16.3. The lowest BCUT2D eigenvalue weighted by molar-refractivity contribution is 0.0251. The normalized spacial score (nSPS) is 23.4. The number of rotatable bonds is 4. The lowest BCUT2D eigenvalue weighted by Crippen LogP contribution is -2.47. The highest BCUT2D eigenvalue weighted by Gasteiger charge is 2.32. The molecule has 0 amide bonds. The molecule has 1 aliphatic rings. The first-order valence-corrected chi connectivity index (χ1v) is 6.36. The largest absolute Gasteiger partial charge is 0.374 e. The van der Waals surface area contributed by atoms with E-state index in [-0.39, 0.29) is 0 Å². The SMILES string of the molecule is CC(C)(C)C(C)(C)CNCC1CNCCO1. The Morgan fingerprint density at radius 3 is 2.44 bits per heavy atom. The van der Waals surface area contributed by atoms with Crippen molar-refractivity contribution in [1.82, 2.24) is 10.6 Å². The van der Waals surface area contributed by atoms with Gasteiger partial charge in [0, 0.05) is 26.2 Å². The molecule has 1 aliphatic heterocycles. The van der Waals surface area contributed by atoms with Crippen molar-refractivity contribution in [1.29, 1.82) is 0 Å². The minimum absolute atomic E-state index is 0.301. The highest BCUT2D eigenvalue weighted by molar-refractivity contribution is 4.84. The second-order valence-electron chi connectivity index (χ2n) is 6.46. The number of hydrogen-bond acceptors (Lipinski definition) is 3. The van der Waals surface area contributed by atoms with Gasteiger partial charge in [0.25, 0.3) is 0 Å². The van der Waals surface area contributed by atoms with E-state index in [2.05, 4.69) is 45.3 Å². The Kier molecular flexibility index (Phi) is 4.77. The van der Waals surface area contributed by atoms with Crippen LogP contribution in [0.25, 0.3) is 0 Å². The van der Waals surface area contributed by atoms with Crippen LogP contribution in [0.1, 0.15) is 34.6 Å². The van der Waals surface area contributed by atoms with E-state index < -0.39 is 0 Å². The summed E-state index contributed by atoms with van der Waals surface area (Å²) in [5, 5.41) is 6.88. The zero-order chi connectivity index (χ0) is 12.2. The van der Waals surface area contributed by atoms with E-state index in [1.165, 1.54) is 0 Å². The Bertz CT molecular complexity index is 202. The molecule has 0 bridgehead atoms. The lowest BCUT2D eigenvalue weighted by atomic mass is 9.69. The smallest absolute Gasteiger partial charge is 0.0824 e. The molecular formula is C13H28N2O. The van der Waals surface area contributed by atoms with Crippen LogP contribution in [0.4, 0.5) is 0 Å². The summed E-state index contributed by atoms with van der Waals surface area (Å²) in [4.78, 5) is 0. The van der Waals surface area contributed by atoms with Crippen LogP contribution >= 0.6 is 0 Å². The minimum Gasteiger partial charge on any atom is -0.374 e. The molecule has 1 fully saturated rings. The summed E-state index contributed by atoms with van der Waals surface area (Å²) in [6, 6.07) is 0. The molecule has 2 N–H and O–H groups in total. The predicted octanol–water partition coefficient (Wildman–Crippen LogP) is 1.64. The summed E-state index contributed by atoms with van der Waals surface area (Å²) in [7, 11) is 0. The molecule has 3 heteroatoms. The van der Waals surface area contributed by atoms with Crippen LogP contribution in [0.2, 0.25) is 0 Å². The molecule has 3 nitrogen and oxygen atoms in total. The van der Waals surface area contributed by atoms with Crippen molar-refractivity contribution in [3.63, 3.8) is 0 Å². The van der Waals surface area contributed by atoms with Gasteiger partial charge in [0.1, 0.15) is 0 Å². The van der Waals surface area contributed by atoms with Gasteiger partial charge in [0.2, 0.25) is 0 Å². The molecular weight excluding hydrogens is 200 g/mol. The maximum atomic E-state index is 5.65. The molecule has 0 aromatic carbocycles. The Balaban J connectivity index is 2.23. The first-order valence-electron chi connectivity index (χ1n) is 6.36. The van der Waals surface area contributed by atoms with Crippen LogP contribution < -0.4 is 10.6 Å². The van der Waals surface area contributed by atoms with Crippen molar-refractivity contribution < 1.29 is 4.74 Å². The highest BCUT2D eigenvalue weighted by Crippen LogP contribution is 2.36. The number of morpholine rings is 1. The molecule has 16 heavy (non-hydrogen) atoms. The van der Waals surface area contributed by atoms with Gasteiger partial charge in [0.15, 0.2) is 0 Å². The second kappa shape index (κ2) is 5.48. The fraction of sp³-hybridized carbons (Fsp3) is 1.00. The fourth-order valence-electron chi connectivity index (χ4n) is 1.56. The average molecular weight is 228 g/mol. The van der Waals surface area contributed by atoms with Crippen molar-refractivity contribution in [2.24, 2.45) is 10.8 Å². The zero-order valence-electron chi connectivity index (χ0n) is 11.5. The Labute approximate surface area is 100 Å². The molecule has 0 saturated carbocycles. The van der Waals surface area contributed by atoms with Crippen molar-refractivity contribution >= 4 is 0 Å². The second-order valence-corrected chi connectivity index (χ2v) is 6.46. The maximum absolute atomic E-state index is 5.65. The first kappa shape index (κ1) is 13.9. The summed E-state index contributed by atoms with van der Waals surface area (Å²) >= 11 is 0. The summed E-state index contributed by atoms with van der Waals surface area (Å²) in [5.74, 6) is 0. The monoisotopic (exact) mass is 228 g/mol. The third kappa shape index (κ3) is 4.04. The molecule has 96 valence electrons. The zero-order valence-corrected chi connectivity index (χ0v) is 11.5. The van der Waals surface area contributed by atoms with E-state index in [0.29, 0.717) is 16.9 Å². The fourth-order valence-corrected chi connectivity index (χ4v) is 1.56. The molecule has 0 aromatic rings. The quantitative estimate of drug-likeness (QED) is 0.767. The maximum Gasteiger partial charge on any atom is 0.0824 e. The Hall–Kier alpha value is -0.120. The van der Waals surface area contributed by atoms with Gasteiger partial charge in [0.05, 0.1) is 12.7 Å². The van der Waals surface area contributed by atoms with Gasteiger partial charge < -0.3 is 15.4 Å². The molecule has 0 radical (unpaired) electrons. The summed E-state index contributed by atoms with van der Waals surface area (Å²) in [5.41, 5.74) is 0.626. The molecule has 0 spiro atoms. The van der Waals surface area contributed by atoms with Gasteiger partial charge in [-0.15, -0.1) is 0 Å².